The van der Waals surface area contributed by atoms with E-state index in [1.165, 1.54) is 0 Å². The highest BCUT2D eigenvalue weighted by Gasteiger charge is 2.14. The summed E-state index contributed by atoms with van der Waals surface area (Å²) in [5.41, 5.74) is -0.129. The molecule has 5 heteroatoms. The van der Waals surface area contributed by atoms with E-state index < -0.39 is 18.2 Å². The number of halogens is 4. The Morgan fingerprint density at radius 3 is 1.92 bits per heavy atom. The monoisotopic (exact) mass is 212 g/mol. The van der Waals surface area contributed by atoms with Gasteiger partial charge in [0.05, 0.1) is 16.7 Å². The molecule has 0 fully saturated rings. The van der Waals surface area contributed by atoms with E-state index in [0.717, 1.165) is 0 Å². The van der Waals surface area contributed by atoms with Crippen LogP contribution in [0.4, 0.5) is 8.78 Å². The van der Waals surface area contributed by atoms with Crippen LogP contribution in [0.2, 0.25) is 10.0 Å². The maximum absolute atomic E-state index is 12.7. The first-order valence-electron chi connectivity index (χ1n) is 3.00. The van der Waals surface area contributed by atoms with Crippen LogP contribution in [0, 0.1) is 11.6 Å². The number of aliphatic hydroxyl groups excluding tert-OH is 1. The minimum Gasteiger partial charge on any atom is -0.392 e. The second-order valence-corrected chi connectivity index (χ2v) is 2.86. The Morgan fingerprint density at radius 2 is 1.58 bits per heavy atom. The molecule has 0 heterocycles. The third-order valence-corrected chi connectivity index (χ3v) is 2.18. The van der Waals surface area contributed by atoms with Crippen molar-refractivity contribution in [3.8, 4) is 0 Å². The molecule has 0 aliphatic heterocycles. The van der Waals surface area contributed by atoms with Gasteiger partial charge in [-0.2, -0.15) is 0 Å². The molecule has 0 bridgehead atoms. The predicted octanol–water partition coefficient (Wildman–Crippen LogP) is 2.76. The van der Waals surface area contributed by atoms with Gasteiger partial charge >= 0.3 is 0 Å². The van der Waals surface area contributed by atoms with E-state index in [2.05, 4.69) is 0 Å². The summed E-state index contributed by atoms with van der Waals surface area (Å²) < 4.78 is 25.3. The average molecular weight is 213 g/mol. The predicted molar refractivity (Wildman–Crippen MR) is 42.3 cm³/mol. The zero-order valence-electron chi connectivity index (χ0n) is 5.74. The molecule has 0 spiro atoms. The molecule has 0 saturated carbocycles. The van der Waals surface area contributed by atoms with Crippen LogP contribution in [-0.2, 0) is 6.61 Å². The molecule has 0 radical (unpaired) electrons. The van der Waals surface area contributed by atoms with E-state index in [1.807, 2.05) is 0 Å². The summed E-state index contributed by atoms with van der Waals surface area (Å²) in [5.74, 6) is -1.86. The van der Waals surface area contributed by atoms with Gasteiger partial charge in [0.2, 0.25) is 0 Å². The van der Waals surface area contributed by atoms with Gasteiger partial charge in [0.1, 0.15) is 11.6 Å². The molecule has 66 valence electrons. The molecule has 1 aromatic carbocycles. The second kappa shape index (κ2) is 3.56. The summed E-state index contributed by atoms with van der Waals surface area (Å²) in [6.07, 6.45) is 0. The lowest BCUT2D eigenvalue weighted by atomic mass is 10.2. The van der Waals surface area contributed by atoms with Crippen molar-refractivity contribution in [3.63, 3.8) is 0 Å². The Morgan fingerprint density at radius 1 is 1.17 bits per heavy atom. The summed E-state index contributed by atoms with van der Waals surface area (Å²) in [6, 6.07) is 0.573. The Labute approximate surface area is 77.5 Å². The Hall–Kier alpha value is -0.380. The van der Waals surface area contributed by atoms with Crippen molar-refractivity contribution in [2.24, 2.45) is 0 Å². The van der Waals surface area contributed by atoms with Gasteiger partial charge in [0, 0.05) is 11.6 Å². The molecule has 0 aromatic heterocycles. The van der Waals surface area contributed by atoms with Crippen molar-refractivity contribution in [3.05, 3.63) is 33.3 Å². The van der Waals surface area contributed by atoms with Crippen LogP contribution in [-0.4, -0.2) is 5.11 Å². The second-order valence-electron chi connectivity index (χ2n) is 2.10. The maximum Gasteiger partial charge on any atom is 0.145 e. The molecular formula is C7H4Cl2F2O. The quantitative estimate of drug-likeness (QED) is 0.711. The summed E-state index contributed by atoms with van der Waals surface area (Å²) in [4.78, 5) is 0. The lowest BCUT2D eigenvalue weighted by Crippen LogP contribution is -1.93. The highest BCUT2D eigenvalue weighted by Crippen LogP contribution is 2.29. The van der Waals surface area contributed by atoms with E-state index in [-0.39, 0.29) is 15.6 Å². The Bertz CT molecular complexity index is 289. The fourth-order valence-electron chi connectivity index (χ4n) is 0.761. The van der Waals surface area contributed by atoms with Crippen molar-refractivity contribution in [1.29, 1.82) is 0 Å². The molecule has 0 amide bonds. The number of benzene rings is 1. The van der Waals surface area contributed by atoms with E-state index in [9.17, 15) is 8.78 Å². The summed E-state index contributed by atoms with van der Waals surface area (Å²) in [7, 11) is 0. The standard InChI is InChI=1S/C7H4Cl2F2O/c8-6-3(2-12)7(9)5(11)1-4(6)10/h1,12H,2H2. The number of hydrogen-bond donors (Lipinski definition) is 1. The van der Waals surface area contributed by atoms with Gasteiger partial charge in [-0.15, -0.1) is 0 Å². The van der Waals surface area contributed by atoms with Crippen molar-refractivity contribution in [1.82, 2.24) is 0 Å². The van der Waals surface area contributed by atoms with Crippen molar-refractivity contribution < 1.29 is 13.9 Å². The SMILES string of the molecule is OCc1c(Cl)c(F)cc(F)c1Cl. The minimum atomic E-state index is -0.928. The average Bonchev–Trinajstić information content (AvgIpc) is 2.02. The molecule has 12 heavy (non-hydrogen) atoms. The fourth-order valence-corrected chi connectivity index (χ4v) is 1.23. The fraction of sp³-hybridized carbons (Fsp3) is 0.143. The van der Waals surface area contributed by atoms with Crippen molar-refractivity contribution in [2.75, 3.05) is 0 Å². The first-order chi connectivity index (χ1) is 5.57. The molecule has 1 aromatic rings. The summed E-state index contributed by atoms with van der Waals surface area (Å²) in [6.45, 7) is -0.591. The van der Waals surface area contributed by atoms with Gasteiger partial charge in [-0.05, 0) is 0 Å². The summed E-state index contributed by atoms with van der Waals surface area (Å²) in [5, 5.41) is 7.96. The zero-order chi connectivity index (χ0) is 9.30. The normalized spacial score (nSPS) is 10.4. The van der Waals surface area contributed by atoms with Gasteiger partial charge in [0.15, 0.2) is 0 Å². The van der Waals surface area contributed by atoms with Crippen LogP contribution in [0.3, 0.4) is 0 Å². The topological polar surface area (TPSA) is 20.2 Å². The third-order valence-electron chi connectivity index (χ3n) is 1.36. The number of aliphatic hydroxyl groups is 1. The Kier molecular flexibility index (Phi) is 2.88. The highest BCUT2D eigenvalue weighted by atomic mass is 35.5. The van der Waals surface area contributed by atoms with Crippen LogP contribution < -0.4 is 0 Å². The largest absolute Gasteiger partial charge is 0.392 e. The van der Waals surface area contributed by atoms with Gasteiger partial charge in [-0.3, -0.25) is 0 Å². The van der Waals surface area contributed by atoms with Gasteiger partial charge in [-0.25, -0.2) is 8.78 Å². The lowest BCUT2D eigenvalue weighted by molar-refractivity contribution is 0.280. The van der Waals surface area contributed by atoms with Crippen molar-refractivity contribution >= 4 is 23.2 Å². The molecule has 1 N–H and O–H groups in total. The third kappa shape index (κ3) is 1.53. The van der Waals surface area contributed by atoms with Crippen molar-refractivity contribution in [2.45, 2.75) is 6.61 Å². The smallest absolute Gasteiger partial charge is 0.145 e. The zero-order valence-corrected chi connectivity index (χ0v) is 7.26. The molecule has 1 nitrogen and oxygen atoms in total. The first kappa shape index (κ1) is 9.71. The molecular weight excluding hydrogens is 209 g/mol. The van der Waals surface area contributed by atoms with Gasteiger partial charge in [-0.1, -0.05) is 23.2 Å². The highest BCUT2D eigenvalue weighted by molar-refractivity contribution is 6.36. The van der Waals surface area contributed by atoms with Crippen LogP contribution in [0.5, 0.6) is 0 Å². The Balaban J connectivity index is 3.42. The van der Waals surface area contributed by atoms with E-state index in [0.29, 0.717) is 6.07 Å². The van der Waals surface area contributed by atoms with Crippen LogP contribution in [0.15, 0.2) is 6.07 Å². The minimum absolute atomic E-state index is 0.129. The van der Waals surface area contributed by atoms with E-state index in [1.54, 1.807) is 0 Å². The molecule has 0 atom stereocenters. The summed E-state index contributed by atoms with van der Waals surface area (Å²) >= 11 is 10.8. The van der Waals surface area contributed by atoms with E-state index >= 15 is 0 Å². The van der Waals surface area contributed by atoms with E-state index in [4.69, 9.17) is 28.3 Å². The number of rotatable bonds is 1. The molecule has 0 unspecified atom stereocenters. The first-order valence-corrected chi connectivity index (χ1v) is 3.76. The number of hydrogen-bond acceptors (Lipinski definition) is 1. The van der Waals surface area contributed by atoms with Crippen LogP contribution in [0.25, 0.3) is 0 Å². The lowest BCUT2D eigenvalue weighted by Gasteiger charge is -2.04. The molecule has 1 rings (SSSR count). The maximum atomic E-state index is 12.7. The van der Waals surface area contributed by atoms with Crippen LogP contribution in [0.1, 0.15) is 5.56 Å². The molecule has 0 aliphatic rings. The van der Waals surface area contributed by atoms with Gasteiger partial charge < -0.3 is 5.11 Å². The van der Waals surface area contributed by atoms with Gasteiger partial charge in [0.25, 0.3) is 0 Å². The molecule has 0 saturated heterocycles. The van der Waals surface area contributed by atoms with Crippen LogP contribution >= 0.6 is 23.2 Å². The molecule has 0 aliphatic carbocycles.